The zero-order valence-electron chi connectivity index (χ0n) is 10.1. The molecule has 1 aromatic carbocycles. The van der Waals surface area contributed by atoms with Crippen LogP contribution in [0, 0.1) is 5.82 Å². The van der Waals surface area contributed by atoms with Gasteiger partial charge in [-0.1, -0.05) is 18.2 Å². The maximum atomic E-state index is 13.5. The number of aromatic nitrogens is 1. The van der Waals surface area contributed by atoms with Gasteiger partial charge in [0.15, 0.2) is 0 Å². The number of benzene rings is 1. The SMILES string of the molecule is CC(NC(=O)c1ccc2cccc(F)c2n1)C(=O)O. The van der Waals surface area contributed by atoms with E-state index < -0.39 is 23.7 Å². The van der Waals surface area contributed by atoms with Gasteiger partial charge in [-0.25, -0.2) is 9.37 Å². The highest BCUT2D eigenvalue weighted by atomic mass is 19.1. The molecular formula is C13H11FN2O3. The molecule has 1 atom stereocenters. The van der Waals surface area contributed by atoms with Crippen LogP contribution in [0.25, 0.3) is 10.9 Å². The summed E-state index contributed by atoms with van der Waals surface area (Å²) in [5, 5.41) is 11.5. The Morgan fingerprint density at radius 2 is 2.05 bits per heavy atom. The van der Waals surface area contributed by atoms with Crippen molar-refractivity contribution in [2.24, 2.45) is 0 Å². The number of carboxylic acid groups (broad SMARTS) is 1. The van der Waals surface area contributed by atoms with Crippen molar-refractivity contribution in [1.29, 1.82) is 0 Å². The molecule has 1 heterocycles. The van der Waals surface area contributed by atoms with Crippen molar-refractivity contribution >= 4 is 22.8 Å². The zero-order valence-corrected chi connectivity index (χ0v) is 10.1. The summed E-state index contributed by atoms with van der Waals surface area (Å²) in [6, 6.07) is 6.41. The van der Waals surface area contributed by atoms with Gasteiger partial charge in [-0.2, -0.15) is 0 Å². The van der Waals surface area contributed by atoms with Gasteiger partial charge in [0.25, 0.3) is 5.91 Å². The lowest BCUT2D eigenvalue weighted by atomic mass is 10.2. The largest absolute Gasteiger partial charge is 0.480 e. The van der Waals surface area contributed by atoms with Gasteiger partial charge >= 0.3 is 5.97 Å². The summed E-state index contributed by atoms with van der Waals surface area (Å²) < 4.78 is 13.5. The van der Waals surface area contributed by atoms with Gasteiger partial charge in [0.05, 0.1) is 0 Å². The van der Waals surface area contributed by atoms with Crippen molar-refractivity contribution in [3.05, 3.63) is 41.8 Å². The van der Waals surface area contributed by atoms with Crippen LogP contribution in [-0.2, 0) is 4.79 Å². The molecule has 1 aromatic heterocycles. The Morgan fingerprint density at radius 3 is 2.74 bits per heavy atom. The van der Waals surface area contributed by atoms with Gasteiger partial charge in [0.2, 0.25) is 0 Å². The Morgan fingerprint density at radius 1 is 1.32 bits per heavy atom. The summed E-state index contributed by atoms with van der Waals surface area (Å²) in [6.45, 7) is 1.34. The lowest BCUT2D eigenvalue weighted by molar-refractivity contribution is -0.138. The maximum absolute atomic E-state index is 13.5. The maximum Gasteiger partial charge on any atom is 0.325 e. The summed E-state index contributed by atoms with van der Waals surface area (Å²) >= 11 is 0. The van der Waals surface area contributed by atoms with Crippen molar-refractivity contribution in [3.63, 3.8) is 0 Å². The van der Waals surface area contributed by atoms with E-state index >= 15 is 0 Å². The second-order valence-corrected chi connectivity index (χ2v) is 4.04. The molecule has 2 rings (SSSR count). The highest BCUT2D eigenvalue weighted by Crippen LogP contribution is 2.15. The van der Waals surface area contributed by atoms with E-state index in [1.54, 1.807) is 18.2 Å². The fourth-order valence-electron chi connectivity index (χ4n) is 1.57. The molecule has 2 N–H and O–H groups in total. The molecule has 0 saturated heterocycles. The first-order valence-corrected chi connectivity index (χ1v) is 5.58. The molecule has 5 nitrogen and oxygen atoms in total. The van der Waals surface area contributed by atoms with Gasteiger partial charge in [-0.05, 0) is 19.1 Å². The highest BCUT2D eigenvalue weighted by Gasteiger charge is 2.16. The number of nitrogens with zero attached hydrogens (tertiary/aromatic N) is 1. The number of para-hydroxylation sites is 1. The van der Waals surface area contributed by atoms with Crippen LogP contribution in [0.1, 0.15) is 17.4 Å². The number of carbonyl (C=O) groups excluding carboxylic acids is 1. The number of halogens is 1. The van der Waals surface area contributed by atoms with E-state index in [9.17, 15) is 14.0 Å². The van der Waals surface area contributed by atoms with Gasteiger partial charge in [-0.15, -0.1) is 0 Å². The smallest absolute Gasteiger partial charge is 0.325 e. The first-order valence-electron chi connectivity index (χ1n) is 5.58. The number of rotatable bonds is 3. The summed E-state index contributed by atoms with van der Waals surface area (Å²) in [4.78, 5) is 26.3. The summed E-state index contributed by atoms with van der Waals surface area (Å²) in [7, 11) is 0. The molecule has 0 bridgehead atoms. The van der Waals surface area contributed by atoms with Crippen LogP contribution < -0.4 is 5.32 Å². The van der Waals surface area contributed by atoms with Crippen molar-refractivity contribution in [1.82, 2.24) is 10.3 Å². The fourth-order valence-corrected chi connectivity index (χ4v) is 1.57. The Bertz CT molecular complexity index is 657. The molecule has 0 saturated carbocycles. The first kappa shape index (κ1) is 12.9. The van der Waals surface area contributed by atoms with E-state index in [4.69, 9.17) is 5.11 Å². The van der Waals surface area contributed by atoms with E-state index in [1.807, 2.05) is 0 Å². The number of hydrogen-bond donors (Lipinski definition) is 2. The molecule has 0 aliphatic carbocycles. The lowest BCUT2D eigenvalue weighted by Gasteiger charge is -2.09. The molecule has 1 unspecified atom stereocenters. The van der Waals surface area contributed by atoms with Gasteiger partial charge in [-0.3, -0.25) is 9.59 Å². The first-order chi connectivity index (χ1) is 8.99. The Hall–Kier alpha value is -2.50. The number of carbonyl (C=O) groups is 2. The van der Waals surface area contributed by atoms with Crippen LogP contribution in [0.5, 0.6) is 0 Å². The molecule has 0 aliphatic rings. The van der Waals surface area contributed by atoms with Crippen LogP contribution in [-0.4, -0.2) is 28.0 Å². The number of carboxylic acids is 1. The van der Waals surface area contributed by atoms with Crippen LogP contribution in [0.2, 0.25) is 0 Å². The monoisotopic (exact) mass is 262 g/mol. The molecule has 19 heavy (non-hydrogen) atoms. The number of amides is 1. The highest BCUT2D eigenvalue weighted by molar-refractivity contribution is 5.96. The third-order valence-electron chi connectivity index (χ3n) is 2.62. The number of hydrogen-bond acceptors (Lipinski definition) is 3. The standard InChI is InChI=1S/C13H11FN2O3/c1-7(13(18)19)15-12(17)10-6-5-8-3-2-4-9(14)11(8)16-10/h2-7H,1H3,(H,15,17)(H,18,19). The molecule has 0 radical (unpaired) electrons. The van der Waals surface area contributed by atoms with Gasteiger partial charge in [0.1, 0.15) is 23.1 Å². The summed E-state index contributed by atoms with van der Waals surface area (Å²) in [6.07, 6.45) is 0. The quantitative estimate of drug-likeness (QED) is 0.880. The summed E-state index contributed by atoms with van der Waals surface area (Å²) in [5.41, 5.74) is 0.0591. The minimum atomic E-state index is -1.15. The second kappa shape index (κ2) is 5.01. The van der Waals surface area contributed by atoms with E-state index in [1.165, 1.54) is 19.1 Å². The van der Waals surface area contributed by atoms with E-state index in [0.29, 0.717) is 5.39 Å². The molecule has 0 spiro atoms. The topological polar surface area (TPSA) is 79.3 Å². The molecule has 0 fully saturated rings. The molecule has 6 heteroatoms. The van der Waals surface area contributed by atoms with Gasteiger partial charge < -0.3 is 10.4 Å². The molecular weight excluding hydrogens is 251 g/mol. The third-order valence-corrected chi connectivity index (χ3v) is 2.62. The van der Waals surface area contributed by atoms with Crippen LogP contribution >= 0.6 is 0 Å². The Labute approximate surface area is 108 Å². The predicted octanol–water partition coefficient (Wildman–Crippen LogP) is 1.58. The predicted molar refractivity (Wildman–Crippen MR) is 66.3 cm³/mol. The van der Waals surface area contributed by atoms with Crippen LogP contribution in [0.4, 0.5) is 4.39 Å². The third kappa shape index (κ3) is 2.67. The number of nitrogens with one attached hydrogen (secondary N) is 1. The number of fused-ring (bicyclic) bond motifs is 1. The molecule has 1 amide bonds. The molecule has 0 aliphatic heterocycles. The summed E-state index contributed by atoms with van der Waals surface area (Å²) in [5.74, 6) is -2.33. The van der Waals surface area contributed by atoms with Crippen molar-refractivity contribution in [2.45, 2.75) is 13.0 Å². The molecule has 98 valence electrons. The van der Waals surface area contributed by atoms with Crippen molar-refractivity contribution < 1.29 is 19.1 Å². The normalized spacial score (nSPS) is 12.1. The van der Waals surface area contributed by atoms with E-state index in [0.717, 1.165) is 0 Å². The number of pyridine rings is 1. The van der Waals surface area contributed by atoms with Crippen molar-refractivity contribution in [2.75, 3.05) is 0 Å². The average molecular weight is 262 g/mol. The van der Waals surface area contributed by atoms with Crippen LogP contribution in [0.3, 0.4) is 0 Å². The number of aliphatic carboxylic acids is 1. The lowest BCUT2D eigenvalue weighted by Crippen LogP contribution is -2.38. The van der Waals surface area contributed by atoms with E-state index in [-0.39, 0.29) is 11.2 Å². The Balaban J connectivity index is 2.33. The van der Waals surface area contributed by atoms with Crippen molar-refractivity contribution in [3.8, 4) is 0 Å². The average Bonchev–Trinajstić information content (AvgIpc) is 2.38. The Kier molecular flexibility index (Phi) is 3.41. The zero-order chi connectivity index (χ0) is 14.0. The van der Waals surface area contributed by atoms with E-state index in [2.05, 4.69) is 10.3 Å². The minimum Gasteiger partial charge on any atom is -0.480 e. The second-order valence-electron chi connectivity index (χ2n) is 4.04. The van der Waals surface area contributed by atoms with Gasteiger partial charge in [0, 0.05) is 5.39 Å². The minimum absolute atomic E-state index is 0.0225. The van der Waals surface area contributed by atoms with Crippen LogP contribution in [0.15, 0.2) is 30.3 Å². The fraction of sp³-hybridized carbons (Fsp3) is 0.154. The molecule has 2 aromatic rings.